The van der Waals surface area contributed by atoms with Crippen LogP contribution in [0.2, 0.25) is 0 Å². The van der Waals surface area contributed by atoms with Crippen LogP contribution in [0.3, 0.4) is 0 Å². The molecule has 4 heteroatoms. The summed E-state index contributed by atoms with van der Waals surface area (Å²) < 4.78 is 25.6. The first-order valence-corrected chi connectivity index (χ1v) is 7.47. The van der Waals surface area contributed by atoms with Crippen molar-refractivity contribution in [2.75, 3.05) is 0 Å². The highest BCUT2D eigenvalue weighted by Crippen LogP contribution is 2.19. The SMILES string of the molecule is Cc1ccc(S(=O)Cc2cc(F)ccc2C#N)cc1C. The average Bonchev–Trinajstić information content (AvgIpc) is 2.42. The summed E-state index contributed by atoms with van der Waals surface area (Å²) in [5, 5.41) is 9.00. The molecule has 0 aromatic heterocycles. The van der Waals surface area contributed by atoms with Crippen molar-refractivity contribution in [3.8, 4) is 6.07 Å². The molecule has 0 N–H and O–H groups in total. The third-order valence-electron chi connectivity index (χ3n) is 3.22. The van der Waals surface area contributed by atoms with Crippen LogP contribution in [0.15, 0.2) is 41.3 Å². The van der Waals surface area contributed by atoms with Crippen LogP contribution in [0.5, 0.6) is 0 Å². The number of rotatable bonds is 3. The first-order chi connectivity index (χ1) is 9.51. The highest BCUT2D eigenvalue weighted by molar-refractivity contribution is 7.84. The molecule has 2 nitrogen and oxygen atoms in total. The highest BCUT2D eigenvalue weighted by Gasteiger charge is 2.10. The quantitative estimate of drug-likeness (QED) is 0.865. The molecule has 1 unspecified atom stereocenters. The second-order valence-electron chi connectivity index (χ2n) is 4.65. The van der Waals surface area contributed by atoms with E-state index in [0.29, 0.717) is 16.0 Å². The van der Waals surface area contributed by atoms with Crippen molar-refractivity contribution in [1.29, 1.82) is 5.26 Å². The van der Waals surface area contributed by atoms with E-state index in [2.05, 4.69) is 0 Å². The molecule has 0 aliphatic carbocycles. The van der Waals surface area contributed by atoms with Crippen molar-refractivity contribution in [2.24, 2.45) is 0 Å². The molecule has 0 heterocycles. The van der Waals surface area contributed by atoms with E-state index >= 15 is 0 Å². The van der Waals surface area contributed by atoms with Gasteiger partial charge in [-0.3, -0.25) is 4.21 Å². The summed E-state index contributed by atoms with van der Waals surface area (Å²) in [6, 6.07) is 11.5. The molecule has 20 heavy (non-hydrogen) atoms. The molecular weight excluding hydrogens is 273 g/mol. The fraction of sp³-hybridized carbons (Fsp3) is 0.188. The Kier molecular flexibility index (Phi) is 4.31. The molecule has 0 amide bonds. The number of halogens is 1. The summed E-state index contributed by atoms with van der Waals surface area (Å²) in [6.07, 6.45) is 0. The third kappa shape index (κ3) is 3.12. The summed E-state index contributed by atoms with van der Waals surface area (Å²) in [4.78, 5) is 0.696. The van der Waals surface area contributed by atoms with Crippen molar-refractivity contribution in [2.45, 2.75) is 24.5 Å². The Hall–Kier alpha value is -1.99. The van der Waals surface area contributed by atoms with Crippen LogP contribution >= 0.6 is 0 Å². The number of nitrogens with zero attached hydrogens (tertiary/aromatic N) is 1. The first kappa shape index (κ1) is 14.4. The van der Waals surface area contributed by atoms with E-state index in [1.807, 2.05) is 38.1 Å². The molecule has 0 radical (unpaired) electrons. The largest absolute Gasteiger partial charge is 0.254 e. The Balaban J connectivity index is 2.30. The summed E-state index contributed by atoms with van der Waals surface area (Å²) in [6.45, 7) is 3.95. The molecule has 0 spiro atoms. The maximum Gasteiger partial charge on any atom is 0.123 e. The Morgan fingerprint density at radius 2 is 1.90 bits per heavy atom. The van der Waals surface area contributed by atoms with Crippen molar-refractivity contribution < 1.29 is 8.60 Å². The van der Waals surface area contributed by atoms with Gasteiger partial charge < -0.3 is 0 Å². The van der Waals surface area contributed by atoms with E-state index in [1.165, 1.54) is 18.2 Å². The van der Waals surface area contributed by atoms with Gasteiger partial charge in [0.1, 0.15) is 5.82 Å². The van der Waals surface area contributed by atoms with E-state index in [9.17, 15) is 8.60 Å². The fourth-order valence-electron chi connectivity index (χ4n) is 1.87. The maximum atomic E-state index is 13.2. The molecule has 2 aromatic carbocycles. The minimum absolute atomic E-state index is 0.142. The normalized spacial score (nSPS) is 11.9. The number of aryl methyl sites for hydroxylation is 2. The minimum atomic E-state index is -1.29. The number of benzene rings is 2. The molecule has 0 fully saturated rings. The van der Waals surface area contributed by atoms with Gasteiger partial charge in [-0.1, -0.05) is 6.07 Å². The van der Waals surface area contributed by atoms with Crippen molar-refractivity contribution in [3.05, 3.63) is 64.5 Å². The van der Waals surface area contributed by atoms with Gasteiger partial charge in [0.2, 0.25) is 0 Å². The molecule has 0 saturated heterocycles. The lowest BCUT2D eigenvalue weighted by molar-refractivity contribution is 0.626. The molecular formula is C16H14FNOS. The van der Waals surface area contributed by atoms with Gasteiger partial charge in [0, 0.05) is 4.90 Å². The summed E-state index contributed by atoms with van der Waals surface area (Å²) in [7, 11) is -1.29. The lowest BCUT2D eigenvalue weighted by Crippen LogP contribution is -2.00. The van der Waals surface area contributed by atoms with Crippen LogP contribution in [0, 0.1) is 31.0 Å². The van der Waals surface area contributed by atoms with Crippen LogP contribution in [0.1, 0.15) is 22.3 Å². The summed E-state index contributed by atoms with van der Waals surface area (Å²) >= 11 is 0. The van der Waals surface area contributed by atoms with Gasteiger partial charge in [0.25, 0.3) is 0 Å². The molecule has 1 atom stereocenters. The number of hydrogen-bond donors (Lipinski definition) is 0. The third-order valence-corrected chi connectivity index (χ3v) is 4.57. The molecule has 2 aromatic rings. The second kappa shape index (κ2) is 5.98. The Labute approximate surface area is 120 Å². The molecule has 0 aliphatic heterocycles. The topological polar surface area (TPSA) is 40.9 Å². The van der Waals surface area contributed by atoms with Crippen LogP contribution < -0.4 is 0 Å². The monoisotopic (exact) mass is 287 g/mol. The van der Waals surface area contributed by atoms with Gasteiger partial charge in [-0.2, -0.15) is 5.26 Å². The zero-order chi connectivity index (χ0) is 14.7. The standard InChI is InChI=1S/C16H14FNOS/c1-11-3-6-16(7-12(11)2)20(19)10-14-8-15(17)5-4-13(14)9-18/h3-8H,10H2,1-2H3. The predicted octanol–water partition coefficient (Wildman–Crippen LogP) is 3.62. The predicted molar refractivity (Wildman–Crippen MR) is 77.1 cm³/mol. The van der Waals surface area contributed by atoms with E-state index in [1.54, 1.807) is 0 Å². The number of hydrogen-bond acceptors (Lipinski definition) is 2. The maximum absolute atomic E-state index is 13.2. The van der Waals surface area contributed by atoms with Gasteiger partial charge in [0.05, 0.1) is 28.2 Å². The number of nitriles is 1. The molecule has 0 bridgehead atoms. The molecule has 102 valence electrons. The molecule has 0 saturated carbocycles. The lowest BCUT2D eigenvalue weighted by atomic mass is 10.1. The Morgan fingerprint density at radius 1 is 1.15 bits per heavy atom. The highest BCUT2D eigenvalue weighted by atomic mass is 32.2. The van der Waals surface area contributed by atoms with Crippen molar-refractivity contribution >= 4 is 10.8 Å². The zero-order valence-electron chi connectivity index (χ0n) is 11.3. The van der Waals surface area contributed by atoms with Crippen LogP contribution in [0.25, 0.3) is 0 Å². The summed E-state index contributed by atoms with van der Waals surface area (Å²) in [5.74, 6) is -0.278. The van der Waals surface area contributed by atoms with E-state index in [0.717, 1.165) is 11.1 Å². The molecule has 0 aliphatic rings. The lowest BCUT2D eigenvalue weighted by Gasteiger charge is -2.07. The van der Waals surface area contributed by atoms with Crippen LogP contribution in [0.4, 0.5) is 4.39 Å². The van der Waals surface area contributed by atoms with Crippen molar-refractivity contribution in [3.63, 3.8) is 0 Å². The van der Waals surface area contributed by atoms with E-state index in [-0.39, 0.29) is 5.75 Å². The van der Waals surface area contributed by atoms with Gasteiger partial charge in [-0.15, -0.1) is 0 Å². The van der Waals surface area contributed by atoms with Crippen LogP contribution in [-0.4, -0.2) is 4.21 Å². The zero-order valence-corrected chi connectivity index (χ0v) is 12.1. The van der Waals surface area contributed by atoms with Gasteiger partial charge in [0.15, 0.2) is 0 Å². The summed E-state index contributed by atoms with van der Waals surface area (Å²) in [5.41, 5.74) is 3.04. The minimum Gasteiger partial charge on any atom is -0.254 e. The Bertz CT molecular complexity index is 719. The average molecular weight is 287 g/mol. The van der Waals surface area contributed by atoms with E-state index < -0.39 is 16.6 Å². The van der Waals surface area contributed by atoms with E-state index in [4.69, 9.17) is 5.26 Å². The van der Waals surface area contributed by atoms with Gasteiger partial charge >= 0.3 is 0 Å². The van der Waals surface area contributed by atoms with Gasteiger partial charge in [-0.05, 0) is 60.9 Å². The van der Waals surface area contributed by atoms with Crippen LogP contribution in [-0.2, 0) is 16.6 Å². The molecule has 2 rings (SSSR count). The van der Waals surface area contributed by atoms with Crippen molar-refractivity contribution in [1.82, 2.24) is 0 Å². The first-order valence-electron chi connectivity index (χ1n) is 6.15. The smallest absolute Gasteiger partial charge is 0.123 e. The second-order valence-corrected chi connectivity index (χ2v) is 6.10. The Morgan fingerprint density at radius 3 is 2.55 bits per heavy atom. The fourth-order valence-corrected chi connectivity index (χ4v) is 3.09. The van der Waals surface area contributed by atoms with Gasteiger partial charge in [-0.25, -0.2) is 4.39 Å².